The van der Waals surface area contributed by atoms with E-state index < -0.39 is 10.0 Å². The van der Waals surface area contributed by atoms with Crippen LogP contribution in [-0.4, -0.2) is 38.9 Å². The zero-order valence-corrected chi connectivity index (χ0v) is 14.2. The van der Waals surface area contributed by atoms with Crippen molar-refractivity contribution in [1.82, 2.24) is 9.62 Å². The monoisotopic (exact) mass is 344 g/mol. The van der Waals surface area contributed by atoms with Gasteiger partial charge >= 0.3 is 0 Å². The van der Waals surface area contributed by atoms with Crippen LogP contribution in [-0.2, 0) is 14.8 Å². The molecule has 1 N–H and O–H groups in total. The Morgan fingerprint density at radius 3 is 2.68 bits per heavy atom. The number of halogens is 1. The highest BCUT2D eigenvalue weighted by Crippen LogP contribution is 2.16. The van der Waals surface area contributed by atoms with E-state index in [2.05, 4.69) is 11.6 Å². The lowest BCUT2D eigenvalue weighted by molar-refractivity contribution is -0.132. The number of likely N-dealkylation sites (tertiary alicyclic amines) is 1. The van der Waals surface area contributed by atoms with Crippen LogP contribution in [0.5, 0.6) is 0 Å². The summed E-state index contributed by atoms with van der Waals surface area (Å²) in [6.07, 6.45) is 2.34. The SMILES string of the molecule is C[C@H]1CCCN(C(=O)CCNS(=O)(=O)c2ccc(Cl)cc2)C1. The maximum absolute atomic E-state index is 12.1. The van der Waals surface area contributed by atoms with Gasteiger partial charge in [-0.05, 0) is 43.0 Å². The molecule has 7 heteroatoms. The van der Waals surface area contributed by atoms with Crippen LogP contribution in [0.4, 0.5) is 0 Å². The van der Waals surface area contributed by atoms with Crippen LogP contribution < -0.4 is 4.72 Å². The van der Waals surface area contributed by atoms with Crippen LogP contribution in [0, 0.1) is 5.92 Å². The van der Waals surface area contributed by atoms with E-state index in [0.717, 1.165) is 25.9 Å². The number of benzene rings is 1. The van der Waals surface area contributed by atoms with Crippen LogP contribution in [0.2, 0.25) is 5.02 Å². The molecular formula is C15H21ClN2O3S. The zero-order valence-electron chi connectivity index (χ0n) is 12.6. The fraction of sp³-hybridized carbons (Fsp3) is 0.533. The maximum atomic E-state index is 12.1. The van der Waals surface area contributed by atoms with Gasteiger partial charge in [0.25, 0.3) is 0 Å². The topological polar surface area (TPSA) is 66.5 Å². The van der Waals surface area contributed by atoms with Gasteiger partial charge in [-0.15, -0.1) is 0 Å². The van der Waals surface area contributed by atoms with Crippen molar-refractivity contribution in [2.24, 2.45) is 5.92 Å². The van der Waals surface area contributed by atoms with Gasteiger partial charge in [0.15, 0.2) is 0 Å². The third-order valence-corrected chi connectivity index (χ3v) is 5.49. The molecule has 1 aromatic rings. The van der Waals surface area contributed by atoms with Gasteiger partial charge in [-0.3, -0.25) is 4.79 Å². The second kappa shape index (κ2) is 7.44. The van der Waals surface area contributed by atoms with E-state index >= 15 is 0 Å². The van der Waals surface area contributed by atoms with E-state index in [1.165, 1.54) is 24.3 Å². The predicted molar refractivity (Wildman–Crippen MR) is 86.2 cm³/mol. The highest BCUT2D eigenvalue weighted by Gasteiger charge is 2.21. The molecule has 0 spiro atoms. The van der Waals surface area contributed by atoms with E-state index in [-0.39, 0.29) is 23.8 Å². The summed E-state index contributed by atoms with van der Waals surface area (Å²) in [5.41, 5.74) is 0. The number of carbonyl (C=O) groups excluding carboxylic acids is 1. The molecule has 0 unspecified atom stereocenters. The standard InChI is InChI=1S/C15H21ClN2O3S/c1-12-3-2-10-18(11-12)15(19)8-9-17-22(20,21)14-6-4-13(16)5-7-14/h4-7,12,17H,2-3,8-11H2,1H3/t12-/m0/s1. The van der Waals surface area contributed by atoms with E-state index in [9.17, 15) is 13.2 Å². The Bertz CT molecular complexity index is 616. The number of amides is 1. The number of nitrogens with one attached hydrogen (secondary N) is 1. The maximum Gasteiger partial charge on any atom is 0.240 e. The third-order valence-electron chi connectivity index (χ3n) is 3.76. The molecule has 22 heavy (non-hydrogen) atoms. The number of piperidine rings is 1. The molecule has 1 aliphatic rings. The predicted octanol–water partition coefficient (Wildman–Crippen LogP) is 2.27. The van der Waals surface area contributed by atoms with Crippen molar-refractivity contribution in [2.45, 2.75) is 31.1 Å². The number of carbonyl (C=O) groups is 1. The quantitative estimate of drug-likeness (QED) is 0.891. The van der Waals surface area contributed by atoms with Gasteiger partial charge in [-0.2, -0.15) is 0 Å². The average Bonchev–Trinajstić information content (AvgIpc) is 2.47. The second-order valence-corrected chi connectivity index (χ2v) is 7.89. The zero-order chi connectivity index (χ0) is 16.2. The first-order valence-electron chi connectivity index (χ1n) is 7.41. The number of sulfonamides is 1. The molecule has 0 aromatic heterocycles. The van der Waals surface area contributed by atoms with Gasteiger partial charge in [0.2, 0.25) is 15.9 Å². The third kappa shape index (κ3) is 4.69. The molecule has 1 saturated heterocycles. The molecule has 1 fully saturated rings. The molecule has 1 heterocycles. The summed E-state index contributed by atoms with van der Waals surface area (Å²) in [4.78, 5) is 14.1. The van der Waals surface area contributed by atoms with Crippen LogP contribution in [0.1, 0.15) is 26.2 Å². The molecule has 1 aromatic carbocycles. The largest absolute Gasteiger partial charge is 0.342 e. The van der Waals surface area contributed by atoms with E-state index in [1.807, 2.05) is 4.90 Å². The lowest BCUT2D eigenvalue weighted by atomic mass is 10.0. The Hall–Kier alpha value is -1.11. The smallest absolute Gasteiger partial charge is 0.240 e. The van der Waals surface area contributed by atoms with Gasteiger partial charge in [-0.25, -0.2) is 13.1 Å². The van der Waals surface area contributed by atoms with E-state index in [1.54, 1.807) is 0 Å². The van der Waals surface area contributed by atoms with Gasteiger partial charge in [0, 0.05) is 31.1 Å². The summed E-state index contributed by atoms with van der Waals surface area (Å²) < 4.78 is 26.6. The summed E-state index contributed by atoms with van der Waals surface area (Å²) in [5.74, 6) is 0.522. The minimum Gasteiger partial charge on any atom is -0.342 e. The van der Waals surface area contributed by atoms with Crippen LogP contribution in [0.15, 0.2) is 29.2 Å². The first-order chi connectivity index (χ1) is 10.4. The fourth-order valence-corrected chi connectivity index (χ4v) is 3.72. The molecule has 0 bridgehead atoms. The summed E-state index contributed by atoms with van der Waals surface area (Å²) in [7, 11) is -3.59. The minimum atomic E-state index is -3.59. The highest BCUT2D eigenvalue weighted by molar-refractivity contribution is 7.89. The first-order valence-corrected chi connectivity index (χ1v) is 9.27. The minimum absolute atomic E-state index is 0.00496. The summed E-state index contributed by atoms with van der Waals surface area (Å²) in [6, 6.07) is 5.93. The van der Waals surface area contributed by atoms with Crippen LogP contribution >= 0.6 is 11.6 Å². The molecule has 5 nitrogen and oxygen atoms in total. The van der Waals surface area contributed by atoms with Gasteiger partial charge < -0.3 is 4.90 Å². The molecular weight excluding hydrogens is 324 g/mol. The van der Waals surface area contributed by atoms with Gasteiger partial charge in [-0.1, -0.05) is 18.5 Å². The summed E-state index contributed by atoms with van der Waals surface area (Å²) in [5, 5.41) is 0.480. The number of hydrogen-bond acceptors (Lipinski definition) is 3. The Morgan fingerprint density at radius 1 is 1.36 bits per heavy atom. The van der Waals surface area contributed by atoms with Crippen molar-refractivity contribution >= 4 is 27.5 Å². The Balaban J connectivity index is 1.84. The second-order valence-electron chi connectivity index (χ2n) is 5.69. The number of rotatable bonds is 5. The van der Waals surface area contributed by atoms with Crippen LogP contribution in [0.25, 0.3) is 0 Å². The number of hydrogen-bond donors (Lipinski definition) is 1. The molecule has 0 radical (unpaired) electrons. The van der Waals surface area contributed by atoms with Gasteiger partial charge in [0.1, 0.15) is 0 Å². The van der Waals surface area contributed by atoms with Crippen molar-refractivity contribution in [3.05, 3.63) is 29.3 Å². The van der Waals surface area contributed by atoms with E-state index in [4.69, 9.17) is 11.6 Å². The van der Waals surface area contributed by atoms with Crippen LogP contribution in [0.3, 0.4) is 0 Å². The Labute approximate surface area is 136 Å². The average molecular weight is 345 g/mol. The first kappa shape index (κ1) is 17.2. The lowest BCUT2D eigenvalue weighted by Gasteiger charge is -2.31. The van der Waals surface area contributed by atoms with Crippen molar-refractivity contribution in [2.75, 3.05) is 19.6 Å². The van der Waals surface area contributed by atoms with Gasteiger partial charge in [0.05, 0.1) is 4.90 Å². The van der Waals surface area contributed by atoms with E-state index in [0.29, 0.717) is 10.9 Å². The number of nitrogens with zero attached hydrogens (tertiary/aromatic N) is 1. The molecule has 1 atom stereocenters. The normalized spacial score (nSPS) is 19.2. The summed E-state index contributed by atoms with van der Waals surface area (Å²) in [6.45, 7) is 3.77. The molecule has 0 aliphatic carbocycles. The molecule has 0 saturated carbocycles. The van der Waals surface area contributed by atoms with Crippen molar-refractivity contribution in [3.63, 3.8) is 0 Å². The molecule has 2 rings (SSSR count). The fourth-order valence-electron chi connectivity index (χ4n) is 2.56. The van der Waals surface area contributed by atoms with Crippen molar-refractivity contribution in [1.29, 1.82) is 0 Å². The summed E-state index contributed by atoms with van der Waals surface area (Å²) >= 11 is 5.74. The Morgan fingerprint density at radius 2 is 2.05 bits per heavy atom. The van der Waals surface area contributed by atoms with Crippen molar-refractivity contribution < 1.29 is 13.2 Å². The van der Waals surface area contributed by atoms with Crippen molar-refractivity contribution in [3.8, 4) is 0 Å². The molecule has 1 amide bonds. The highest BCUT2D eigenvalue weighted by atomic mass is 35.5. The molecule has 1 aliphatic heterocycles. The molecule has 122 valence electrons. The Kier molecular flexibility index (Phi) is 5.83. The lowest BCUT2D eigenvalue weighted by Crippen LogP contribution is -2.40.